The van der Waals surface area contributed by atoms with Gasteiger partial charge < -0.3 is 18.6 Å². The molecule has 6 nitrogen and oxygen atoms in total. The molecular formula is C18H34O6Si. The topological polar surface area (TPSA) is 71.1 Å². The smallest absolute Gasteiger partial charge is 0.311 e. The van der Waals surface area contributed by atoms with E-state index in [0.717, 1.165) is 0 Å². The first-order chi connectivity index (χ1) is 11.3. The molecule has 0 amide bonds. The minimum absolute atomic E-state index is 0.252. The van der Waals surface area contributed by atoms with Gasteiger partial charge in [-0.1, -0.05) is 13.8 Å². The largest absolute Gasteiger partial charge is 0.520 e. The van der Waals surface area contributed by atoms with Crippen molar-refractivity contribution in [2.24, 2.45) is 23.2 Å². The summed E-state index contributed by atoms with van der Waals surface area (Å²) in [6.07, 6.45) is 1.78. The second kappa shape index (κ2) is 9.27. The summed E-state index contributed by atoms with van der Waals surface area (Å²) >= 11 is 0. The van der Waals surface area contributed by atoms with Gasteiger partial charge in [-0.25, -0.2) is 0 Å². The van der Waals surface area contributed by atoms with Crippen LogP contribution in [0.25, 0.3) is 0 Å². The molecule has 0 saturated heterocycles. The molecular weight excluding hydrogens is 340 g/mol. The van der Waals surface area contributed by atoms with Gasteiger partial charge in [0.1, 0.15) is 0 Å². The van der Waals surface area contributed by atoms with E-state index < -0.39 is 19.7 Å². The van der Waals surface area contributed by atoms with Crippen LogP contribution in [-0.2, 0) is 28.2 Å². The number of esters is 2. The quantitative estimate of drug-likeness (QED) is 0.349. The molecule has 0 radical (unpaired) electrons. The predicted molar refractivity (Wildman–Crippen MR) is 99.2 cm³/mol. The van der Waals surface area contributed by atoms with E-state index in [9.17, 15) is 9.59 Å². The molecule has 25 heavy (non-hydrogen) atoms. The minimum atomic E-state index is -1.85. The molecule has 3 atom stereocenters. The Morgan fingerprint density at radius 3 is 1.84 bits per heavy atom. The molecule has 0 aliphatic heterocycles. The summed E-state index contributed by atoms with van der Waals surface area (Å²) in [6, 6.07) is 0. The van der Waals surface area contributed by atoms with Crippen molar-refractivity contribution in [1.82, 2.24) is 0 Å². The average molecular weight is 375 g/mol. The van der Waals surface area contributed by atoms with Crippen LogP contribution in [0.1, 0.15) is 27.7 Å². The van der Waals surface area contributed by atoms with Gasteiger partial charge in [0.15, 0.2) is 0 Å². The molecule has 0 spiro atoms. The third-order valence-electron chi connectivity index (χ3n) is 4.44. The number of carbonyl (C=O) groups excluding carboxylic acids is 2. The Morgan fingerprint density at radius 1 is 0.960 bits per heavy atom. The second-order valence-corrected chi connectivity index (χ2v) is 12.2. The van der Waals surface area contributed by atoms with Crippen molar-refractivity contribution in [2.75, 3.05) is 21.3 Å². The maximum Gasteiger partial charge on any atom is 0.311 e. The van der Waals surface area contributed by atoms with Gasteiger partial charge in [-0.15, -0.1) is 0 Å². The lowest BCUT2D eigenvalue weighted by Gasteiger charge is -2.35. The second-order valence-electron chi connectivity index (χ2n) is 7.81. The summed E-state index contributed by atoms with van der Waals surface area (Å²) in [5, 5.41) is 0. The summed E-state index contributed by atoms with van der Waals surface area (Å²) in [5.41, 5.74) is -0.845. The number of methoxy groups -OCH3 is 3. The third-order valence-corrected chi connectivity index (χ3v) is 5.25. The van der Waals surface area contributed by atoms with E-state index >= 15 is 0 Å². The molecule has 0 heterocycles. The number of carbonyl (C=O) groups is 2. The monoisotopic (exact) mass is 374 g/mol. The van der Waals surface area contributed by atoms with Crippen molar-refractivity contribution >= 4 is 20.3 Å². The van der Waals surface area contributed by atoms with Crippen LogP contribution in [0.5, 0.6) is 0 Å². The normalized spacial score (nSPS) is 16.5. The maximum absolute atomic E-state index is 12.4. The molecule has 0 aromatic carbocycles. The van der Waals surface area contributed by atoms with E-state index in [4.69, 9.17) is 18.6 Å². The van der Waals surface area contributed by atoms with Crippen molar-refractivity contribution in [1.29, 1.82) is 0 Å². The molecule has 0 fully saturated rings. The minimum Gasteiger partial charge on any atom is -0.520 e. The molecule has 0 aromatic heterocycles. The van der Waals surface area contributed by atoms with Crippen molar-refractivity contribution in [3.05, 3.63) is 12.0 Å². The molecule has 0 N–H and O–H groups in total. The lowest BCUT2D eigenvalue weighted by Crippen LogP contribution is -2.42. The van der Waals surface area contributed by atoms with Crippen LogP contribution < -0.4 is 0 Å². The van der Waals surface area contributed by atoms with Gasteiger partial charge >= 0.3 is 11.9 Å². The molecule has 0 aliphatic rings. The highest BCUT2D eigenvalue weighted by molar-refractivity contribution is 6.70. The summed E-state index contributed by atoms with van der Waals surface area (Å²) < 4.78 is 21.1. The van der Waals surface area contributed by atoms with Gasteiger partial charge in [0.2, 0.25) is 8.32 Å². The first kappa shape index (κ1) is 23.5. The number of rotatable bonds is 9. The highest BCUT2D eigenvalue weighted by atomic mass is 28.4. The molecule has 0 aliphatic carbocycles. The Morgan fingerprint density at radius 2 is 1.48 bits per heavy atom. The van der Waals surface area contributed by atoms with E-state index in [2.05, 4.69) is 0 Å². The van der Waals surface area contributed by atoms with Crippen LogP contribution in [0.3, 0.4) is 0 Å². The predicted octanol–water partition coefficient (Wildman–Crippen LogP) is 3.59. The summed E-state index contributed by atoms with van der Waals surface area (Å²) in [5.74, 6) is -1.47. The number of allylic oxidation sites excluding steroid dienone is 1. The molecule has 0 rings (SSSR count). The Bertz CT molecular complexity index is 492. The van der Waals surface area contributed by atoms with Crippen molar-refractivity contribution in [2.45, 2.75) is 47.3 Å². The number of hydrogen-bond donors (Lipinski definition) is 0. The summed E-state index contributed by atoms with van der Waals surface area (Å²) in [6.45, 7) is 13.4. The summed E-state index contributed by atoms with van der Waals surface area (Å²) in [7, 11) is 2.38. The van der Waals surface area contributed by atoms with Gasteiger partial charge in [0, 0.05) is 0 Å². The fourth-order valence-corrected chi connectivity index (χ4v) is 3.43. The van der Waals surface area contributed by atoms with Crippen LogP contribution >= 0.6 is 0 Å². The van der Waals surface area contributed by atoms with Gasteiger partial charge in [0.25, 0.3) is 5.95 Å². The van der Waals surface area contributed by atoms with Gasteiger partial charge in [-0.05, 0) is 51.4 Å². The van der Waals surface area contributed by atoms with Crippen molar-refractivity contribution in [3.63, 3.8) is 0 Å². The Balaban J connectivity index is 5.74. The Kier molecular flexibility index (Phi) is 8.71. The number of ether oxygens (including phenoxy) is 3. The molecule has 0 aromatic rings. The number of hydrogen-bond acceptors (Lipinski definition) is 6. The van der Waals surface area contributed by atoms with Crippen LogP contribution in [0, 0.1) is 23.2 Å². The first-order valence-corrected chi connectivity index (χ1v) is 11.8. The lowest BCUT2D eigenvalue weighted by molar-refractivity contribution is -0.160. The zero-order valence-electron chi connectivity index (χ0n) is 17.3. The standard InChI is InChI=1S/C18H34O6Si/c1-12(11-14(21-5)24-25(8,9)10)15(16(19)22-6)13(2)18(3,4)17(20)23-7/h11-13,15H,1-10H3/b14-11-. The maximum atomic E-state index is 12.4. The van der Waals surface area contributed by atoms with Gasteiger partial charge in [-0.3, -0.25) is 9.59 Å². The van der Waals surface area contributed by atoms with Crippen LogP contribution in [0.2, 0.25) is 19.6 Å². The molecule has 3 unspecified atom stereocenters. The van der Waals surface area contributed by atoms with Crippen LogP contribution in [-0.4, -0.2) is 41.6 Å². The molecule has 0 bridgehead atoms. The van der Waals surface area contributed by atoms with Crippen LogP contribution in [0.15, 0.2) is 12.0 Å². The summed E-state index contributed by atoms with van der Waals surface area (Å²) in [4.78, 5) is 24.6. The Labute approximate surface area is 153 Å². The van der Waals surface area contributed by atoms with Crippen molar-refractivity contribution < 1.29 is 28.2 Å². The highest BCUT2D eigenvalue weighted by Gasteiger charge is 2.44. The van der Waals surface area contributed by atoms with E-state index in [1.807, 2.05) is 33.5 Å². The fourth-order valence-electron chi connectivity index (χ4n) is 2.67. The van der Waals surface area contributed by atoms with Crippen LogP contribution in [0.4, 0.5) is 0 Å². The average Bonchev–Trinajstić information content (AvgIpc) is 2.51. The molecule has 0 saturated carbocycles. The lowest BCUT2D eigenvalue weighted by atomic mass is 9.69. The van der Waals surface area contributed by atoms with Gasteiger partial charge in [0.05, 0.1) is 32.7 Å². The van der Waals surface area contributed by atoms with E-state index in [-0.39, 0.29) is 23.8 Å². The zero-order valence-corrected chi connectivity index (χ0v) is 18.3. The highest BCUT2D eigenvalue weighted by Crippen LogP contribution is 2.38. The fraction of sp³-hybridized carbons (Fsp3) is 0.778. The van der Waals surface area contributed by atoms with Gasteiger partial charge in [-0.2, -0.15) is 0 Å². The van der Waals surface area contributed by atoms with Crippen molar-refractivity contribution in [3.8, 4) is 0 Å². The van der Waals surface area contributed by atoms with E-state index in [1.165, 1.54) is 21.3 Å². The SMILES string of the molecule is COC(=O)C(C(C)/C=C(/OC)O[Si](C)(C)C)C(C)C(C)(C)C(=O)OC. The first-order valence-electron chi connectivity index (χ1n) is 8.42. The molecule has 146 valence electrons. The third kappa shape index (κ3) is 6.72. The Hall–Kier alpha value is -1.50. The van der Waals surface area contributed by atoms with E-state index in [0.29, 0.717) is 5.95 Å². The zero-order chi connectivity index (χ0) is 20.0. The van der Waals surface area contributed by atoms with E-state index in [1.54, 1.807) is 19.9 Å². The molecule has 7 heteroatoms.